The van der Waals surface area contributed by atoms with Crippen LogP contribution in [0.4, 0.5) is 0 Å². The van der Waals surface area contributed by atoms with E-state index in [0.29, 0.717) is 5.56 Å². The Morgan fingerprint density at radius 1 is 1.50 bits per heavy atom. The van der Waals surface area contributed by atoms with Crippen LogP contribution in [0.25, 0.3) is 11.5 Å². The molecule has 2 aromatic rings. The van der Waals surface area contributed by atoms with Crippen molar-refractivity contribution in [1.82, 2.24) is 10.2 Å². The van der Waals surface area contributed by atoms with Gasteiger partial charge in [0.25, 0.3) is 5.89 Å². The van der Waals surface area contributed by atoms with E-state index in [1.807, 2.05) is 0 Å². The number of aromatic nitrogens is 2. The fraction of sp³-hybridized carbons (Fsp3) is 0. The predicted octanol–water partition coefficient (Wildman–Crippen LogP) is 1.68. The fourth-order valence-corrected chi connectivity index (χ4v) is 1.06. The van der Waals surface area contributed by atoms with Crippen molar-refractivity contribution in [3.8, 4) is 11.5 Å². The van der Waals surface area contributed by atoms with Crippen LogP contribution in [0.1, 0.15) is 10.7 Å². The van der Waals surface area contributed by atoms with Gasteiger partial charge in [0.1, 0.15) is 0 Å². The Morgan fingerprint density at radius 2 is 2.29 bits per heavy atom. The maximum atomic E-state index is 10.4. The van der Waals surface area contributed by atoms with Crippen molar-refractivity contribution in [2.75, 3.05) is 0 Å². The summed E-state index contributed by atoms with van der Waals surface area (Å²) in [6, 6.07) is 1.50. The third-order valence-corrected chi connectivity index (χ3v) is 1.75. The molecule has 0 fully saturated rings. The minimum absolute atomic E-state index is 0.0150. The lowest BCUT2D eigenvalue weighted by atomic mass is 10.3. The van der Waals surface area contributed by atoms with E-state index in [0.717, 1.165) is 0 Å². The molecule has 2 aromatic heterocycles. The average Bonchev–Trinajstić information content (AvgIpc) is 2.71. The Labute approximate surface area is 82.1 Å². The Hall–Kier alpha value is -1.82. The number of hydrogen-bond donors (Lipinski definition) is 1. The molecule has 1 N–H and O–H groups in total. The predicted molar refractivity (Wildman–Crippen MR) is 44.0 cm³/mol. The van der Waals surface area contributed by atoms with Crippen LogP contribution in [0.3, 0.4) is 0 Å². The Morgan fingerprint density at radius 3 is 2.79 bits per heavy atom. The van der Waals surface area contributed by atoms with Crippen LogP contribution < -0.4 is 0 Å². The second-order valence-electron chi connectivity index (χ2n) is 2.33. The van der Waals surface area contributed by atoms with Gasteiger partial charge in [-0.2, -0.15) is 0 Å². The van der Waals surface area contributed by atoms with Crippen LogP contribution in [0, 0.1) is 0 Å². The number of rotatable bonds is 2. The summed E-state index contributed by atoms with van der Waals surface area (Å²) < 4.78 is 9.58. The van der Waals surface area contributed by atoms with Crippen LogP contribution in [0.2, 0.25) is 5.22 Å². The number of carbonyl (C=O) groups is 1. The van der Waals surface area contributed by atoms with Crippen molar-refractivity contribution in [2.45, 2.75) is 0 Å². The third kappa shape index (κ3) is 1.35. The lowest BCUT2D eigenvalue weighted by Gasteiger charge is -1.86. The van der Waals surface area contributed by atoms with Crippen LogP contribution in [-0.4, -0.2) is 21.3 Å². The quantitative estimate of drug-likeness (QED) is 0.818. The zero-order valence-electron chi connectivity index (χ0n) is 6.60. The second kappa shape index (κ2) is 3.15. The smallest absolute Gasteiger partial charge is 0.393 e. The highest BCUT2D eigenvalue weighted by Gasteiger charge is 2.17. The topological polar surface area (TPSA) is 89.4 Å². The Kier molecular flexibility index (Phi) is 1.97. The van der Waals surface area contributed by atoms with Gasteiger partial charge in [-0.1, -0.05) is 0 Å². The molecule has 2 rings (SSSR count). The average molecular weight is 215 g/mol. The summed E-state index contributed by atoms with van der Waals surface area (Å²) in [5.74, 6) is -1.76. The van der Waals surface area contributed by atoms with Crippen molar-refractivity contribution in [3.05, 3.63) is 23.4 Å². The van der Waals surface area contributed by atoms with Crippen LogP contribution in [0.5, 0.6) is 0 Å². The molecule has 6 nitrogen and oxygen atoms in total. The number of carboxylic acid groups (broad SMARTS) is 1. The van der Waals surface area contributed by atoms with Gasteiger partial charge in [0.2, 0.25) is 5.22 Å². The highest BCUT2D eigenvalue weighted by molar-refractivity contribution is 6.31. The summed E-state index contributed by atoms with van der Waals surface area (Å²) >= 11 is 5.62. The van der Waals surface area contributed by atoms with Gasteiger partial charge in [0.05, 0.1) is 11.8 Å². The van der Waals surface area contributed by atoms with Crippen molar-refractivity contribution in [3.63, 3.8) is 0 Å². The molecule has 0 atom stereocenters. The molecule has 14 heavy (non-hydrogen) atoms. The van der Waals surface area contributed by atoms with Gasteiger partial charge in [0.15, 0.2) is 0 Å². The molecular weight excluding hydrogens is 212 g/mol. The monoisotopic (exact) mass is 214 g/mol. The maximum absolute atomic E-state index is 10.4. The molecule has 0 bridgehead atoms. The summed E-state index contributed by atoms with van der Waals surface area (Å²) in [5.41, 5.74) is 0.367. The summed E-state index contributed by atoms with van der Waals surface area (Å²) in [4.78, 5) is 10.4. The zero-order valence-corrected chi connectivity index (χ0v) is 7.35. The van der Waals surface area contributed by atoms with Gasteiger partial charge in [0, 0.05) is 0 Å². The SMILES string of the molecule is O=C(O)c1nnc(-c2ccoc2Cl)o1. The molecule has 0 radical (unpaired) electrons. The molecule has 0 amide bonds. The van der Waals surface area contributed by atoms with E-state index in [2.05, 4.69) is 10.2 Å². The van der Waals surface area contributed by atoms with E-state index in [1.54, 1.807) is 0 Å². The molecule has 7 heteroatoms. The summed E-state index contributed by atoms with van der Waals surface area (Å²) in [7, 11) is 0. The molecule has 0 aliphatic heterocycles. The molecule has 0 aliphatic rings. The molecule has 72 valence electrons. The van der Waals surface area contributed by atoms with Crippen molar-refractivity contribution < 1.29 is 18.7 Å². The first-order valence-electron chi connectivity index (χ1n) is 3.48. The molecule has 0 saturated carbocycles. The van der Waals surface area contributed by atoms with E-state index >= 15 is 0 Å². The van der Waals surface area contributed by atoms with Crippen LogP contribution in [0.15, 0.2) is 21.2 Å². The van der Waals surface area contributed by atoms with E-state index in [-0.39, 0.29) is 11.1 Å². The molecule has 0 aromatic carbocycles. The minimum Gasteiger partial charge on any atom is -0.474 e. The van der Waals surface area contributed by atoms with Gasteiger partial charge in [-0.25, -0.2) is 4.79 Å². The van der Waals surface area contributed by atoms with Gasteiger partial charge in [-0.3, -0.25) is 0 Å². The molecule has 2 heterocycles. The first kappa shape index (κ1) is 8.76. The van der Waals surface area contributed by atoms with Gasteiger partial charge in [-0.05, 0) is 17.7 Å². The Bertz CT molecular complexity index is 475. The van der Waals surface area contributed by atoms with Crippen LogP contribution >= 0.6 is 11.6 Å². The molecule has 0 unspecified atom stereocenters. The summed E-state index contributed by atoms with van der Waals surface area (Å²) in [5, 5.41) is 15.4. The zero-order chi connectivity index (χ0) is 10.1. The normalized spacial score (nSPS) is 10.4. The van der Waals surface area contributed by atoms with E-state index in [9.17, 15) is 4.79 Å². The number of halogens is 1. The minimum atomic E-state index is -1.29. The molecule has 0 spiro atoms. The number of carboxylic acids is 1. The van der Waals surface area contributed by atoms with Gasteiger partial charge < -0.3 is 13.9 Å². The number of nitrogens with zero attached hydrogens (tertiary/aromatic N) is 2. The lowest BCUT2D eigenvalue weighted by molar-refractivity contribution is 0.0654. The van der Waals surface area contributed by atoms with Crippen molar-refractivity contribution in [1.29, 1.82) is 0 Å². The van der Waals surface area contributed by atoms with E-state index in [1.165, 1.54) is 12.3 Å². The standard InChI is InChI=1S/C7H3ClN2O4/c8-4-3(1-2-13-4)5-9-10-6(14-5)7(11)12/h1-2H,(H,11,12). The van der Waals surface area contributed by atoms with E-state index < -0.39 is 11.9 Å². The first-order valence-corrected chi connectivity index (χ1v) is 3.86. The number of hydrogen-bond acceptors (Lipinski definition) is 5. The van der Waals surface area contributed by atoms with Crippen LogP contribution in [-0.2, 0) is 0 Å². The number of furan rings is 1. The highest BCUT2D eigenvalue weighted by Crippen LogP contribution is 2.27. The van der Waals surface area contributed by atoms with Gasteiger partial charge >= 0.3 is 11.9 Å². The summed E-state index contributed by atoms with van der Waals surface area (Å²) in [6.45, 7) is 0. The lowest BCUT2D eigenvalue weighted by Crippen LogP contribution is -1.95. The van der Waals surface area contributed by atoms with E-state index in [4.69, 9.17) is 25.5 Å². The first-order chi connectivity index (χ1) is 6.68. The fourth-order valence-electron chi connectivity index (χ4n) is 0.865. The molecule has 0 saturated heterocycles. The van der Waals surface area contributed by atoms with Crippen molar-refractivity contribution in [2.24, 2.45) is 0 Å². The number of aromatic carboxylic acids is 1. The largest absolute Gasteiger partial charge is 0.474 e. The van der Waals surface area contributed by atoms with Crippen molar-refractivity contribution >= 4 is 17.6 Å². The highest BCUT2D eigenvalue weighted by atomic mass is 35.5. The van der Waals surface area contributed by atoms with Gasteiger partial charge in [-0.15, -0.1) is 10.2 Å². The molecule has 0 aliphatic carbocycles. The maximum Gasteiger partial charge on any atom is 0.393 e. The summed E-state index contributed by atoms with van der Waals surface area (Å²) in [6.07, 6.45) is 1.34. The molecular formula is C7H3ClN2O4. The Balaban J connectivity index is 2.43. The second-order valence-corrected chi connectivity index (χ2v) is 2.67. The third-order valence-electron chi connectivity index (χ3n) is 1.46.